The SMILES string of the molecule is CCOC(=O)C(Nc1cc(C)cc(F)c1)C1CCOCC1. The molecule has 0 aromatic heterocycles. The fraction of sp³-hybridized carbons (Fsp3) is 0.562. The van der Waals surface area contributed by atoms with Gasteiger partial charge in [0.2, 0.25) is 0 Å². The maximum Gasteiger partial charge on any atom is 0.328 e. The first-order valence-electron chi connectivity index (χ1n) is 7.38. The van der Waals surface area contributed by atoms with Crippen LogP contribution < -0.4 is 5.32 Å². The summed E-state index contributed by atoms with van der Waals surface area (Å²) in [4.78, 5) is 12.2. The summed E-state index contributed by atoms with van der Waals surface area (Å²) in [6.45, 7) is 5.23. The highest BCUT2D eigenvalue weighted by Crippen LogP contribution is 2.24. The number of benzene rings is 1. The van der Waals surface area contributed by atoms with Crippen molar-refractivity contribution in [3.8, 4) is 0 Å². The summed E-state index contributed by atoms with van der Waals surface area (Å²) in [6, 6.07) is 4.22. The van der Waals surface area contributed by atoms with Crippen molar-refractivity contribution in [3.05, 3.63) is 29.6 Å². The van der Waals surface area contributed by atoms with E-state index in [1.807, 2.05) is 13.0 Å². The largest absolute Gasteiger partial charge is 0.464 e. The van der Waals surface area contributed by atoms with Crippen LogP contribution >= 0.6 is 0 Å². The molecule has 21 heavy (non-hydrogen) atoms. The zero-order chi connectivity index (χ0) is 15.2. The van der Waals surface area contributed by atoms with Gasteiger partial charge in [0.1, 0.15) is 11.9 Å². The first-order valence-corrected chi connectivity index (χ1v) is 7.38. The number of carbonyl (C=O) groups excluding carboxylic acids is 1. The van der Waals surface area contributed by atoms with Crippen LogP contribution in [0.5, 0.6) is 0 Å². The predicted octanol–water partition coefficient (Wildman–Crippen LogP) is 2.90. The molecule has 0 aliphatic carbocycles. The molecule has 5 heteroatoms. The second kappa shape index (κ2) is 7.41. The van der Waals surface area contributed by atoms with Gasteiger partial charge in [-0.2, -0.15) is 0 Å². The number of hydrogen-bond donors (Lipinski definition) is 1. The van der Waals surface area contributed by atoms with Gasteiger partial charge in [-0.15, -0.1) is 0 Å². The number of anilines is 1. The summed E-state index contributed by atoms with van der Waals surface area (Å²) in [7, 11) is 0. The molecule has 0 radical (unpaired) electrons. The number of rotatable bonds is 5. The van der Waals surface area contributed by atoms with Crippen LogP contribution in [0.4, 0.5) is 10.1 Å². The molecule has 2 rings (SSSR count). The molecular formula is C16H22FNO3. The second-order valence-corrected chi connectivity index (χ2v) is 5.34. The van der Waals surface area contributed by atoms with Gasteiger partial charge in [-0.3, -0.25) is 0 Å². The molecule has 1 saturated heterocycles. The fourth-order valence-corrected chi connectivity index (χ4v) is 2.65. The molecule has 1 heterocycles. The van der Waals surface area contributed by atoms with E-state index in [1.54, 1.807) is 6.92 Å². The fourth-order valence-electron chi connectivity index (χ4n) is 2.65. The number of carbonyl (C=O) groups is 1. The van der Waals surface area contributed by atoms with Crippen molar-refractivity contribution in [2.24, 2.45) is 5.92 Å². The smallest absolute Gasteiger partial charge is 0.328 e. The van der Waals surface area contributed by atoms with Gasteiger partial charge >= 0.3 is 5.97 Å². The maximum atomic E-state index is 13.5. The molecule has 4 nitrogen and oxygen atoms in total. The molecule has 1 aliphatic rings. The van der Waals surface area contributed by atoms with Gasteiger partial charge in [0, 0.05) is 18.9 Å². The average Bonchev–Trinajstić information content (AvgIpc) is 2.45. The van der Waals surface area contributed by atoms with Crippen molar-refractivity contribution < 1.29 is 18.7 Å². The number of ether oxygens (including phenoxy) is 2. The van der Waals surface area contributed by atoms with Gasteiger partial charge in [0.15, 0.2) is 0 Å². The Morgan fingerprint density at radius 2 is 2.14 bits per heavy atom. The van der Waals surface area contributed by atoms with Crippen molar-refractivity contribution in [3.63, 3.8) is 0 Å². The molecule has 1 aliphatic heterocycles. The Bertz CT molecular complexity index is 466. The maximum absolute atomic E-state index is 13.5. The number of nitrogens with one attached hydrogen (secondary N) is 1. The van der Waals surface area contributed by atoms with Gasteiger partial charge in [-0.1, -0.05) is 0 Å². The third kappa shape index (κ3) is 4.43. The topological polar surface area (TPSA) is 47.6 Å². The Hall–Kier alpha value is -1.62. The van der Waals surface area contributed by atoms with Crippen molar-refractivity contribution in [1.82, 2.24) is 0 Å². The zero-order valence-corrected chi connectivity index (χ0v) is 12.5. The molecule has 0 saturated carbocycles. The van der Waals surface area contributed by atoms with Gasteiger partial charge in [-0.05, 0) is 56.4 Å². The molecule has 116 valence electrons. The third-order valence-electron chi connectivity index (χ3n) is 3.64. The predicted molar refractivity (Wildman–Crippen MR) is 78.7 cm³/mol. The van der Waals surface area contributed by atoms with E-state index in [4.69, 9.17) is 9.47 Å². The van der Waals surface area contributed by atoms with Crippen LogP contribution in [0.1, 0.15) is 25.3 Å². The summed E-state index contributed by atoms with van der Waals surface area (Å²) in [5.74, 6) is -0.459. The second-order valence-electron chi connectivity index (χ2n) is 5.34. The Kier molecular flexibility index (Phi) is 5.56. The number of aryl methyl sites for hydroxylation is 1. The lowest BCUT2D eigenvalue weighted by Gasteiger charge is -2.30. The summed E-state index contributed by atoms with van der Waals surface area (Å²) in [6.07, 6.45) is 1.59. The Morgan fingerprint density at radius 1 is 1.43 bits per heavy atom. The summed E-state index contributed by atoms with van der Waals surface area (Å²) >= 11 is 0. The van der Waals surface area contributed by atoms with Crippen LogP contribution in [-0.2, 0) is 14.3 Å². The summed E-state index contributed by atoms with van der Waals surface area (Å²) in [5, 5.41) is 3.14. The van der Waals surface area contributed by atoms with Gasteiger partial charge in [0.05, 0.1) is 6.61 Å². The minimum atomic E-state index is -0.463. The molecule has 1 aromatic rings. The number of hydrogen-bond acceptors (Lipinski definition) is 4. The standard InChI is InChI=1S/C16H22FNO3/c1-3-21-16(19)15(12-4-6-20-7-5-12)18-14-9-11(2)8-13(17)10-14/h8-10,12,15,18H,3-7H2,1-2H3. The highest BCUT2D eigenvalue weighted by Gasteiger charge is 2.31. The third-order valence-corrected chi connectivity index (χ3v) is 3.64. The van der Waals surface area contributed by atoms with E-state index < -0.39 is 6.04 Å². The van der Waals surface area contributed by atoms with Crippen molar-refractivity contribution in [1.29, 1.82) is 0 Å². The van der Waals surface area contributed by atoms with Crippen LogP contribution in [0.2, 0.25) is 0 Å². The molecule has 0 spiro atoms. The monoisotopic (exact) mass is 295 g/mol. The van der Waals surface area contributed by atoms with Crippen molar-refractivity contribution >= 4 is 11.7 Å². The average molecular weight is 295 g/mol. The van der Waals surface area contributed by atoms with E-state index in [-0.39, 0.29) is 17.7 Å². The van der Waals surface area contributed by atoms with Crippen molar-refractivity contribution in [2.75, 3.05) is 25.1 Å². The Balaban J connectivity index is 2.15. The first kappa shape index (κ1) is 15.8. The molecule has 0 amide bonds. The van der Waals surface area contributed by atoms with Crippen LogP contribution in [0.3, 0.4) is 0 Å². The van der Waals surface area contributed by atoms with E-state index >= 15 is 0 Å². The molecular weight excluding hydrogens is 273 g/mol. The molecule has 1 aromatic carbocycles. The quantitative estimate of drug-likeness (QED) is 0.849. The lowest BCUT2D eigenvalue weighted by atomic mass is 9.91. The first-order chi connectivity index (χ1) is 10.1. The van der Waals surface area contributed by atoms with Gasteiger partial charge in [0.25, 0.3) is 0 Å². The Morgan fingerprint density at radius 3 is 2.76 bits per heavy atom. The van der Waals surface area contributed by atoms with Crippen LogP contribution in [0.25, 0.3) is 0 Å². The van der Waals surface area contributed by atoms with Crippen LogP contribution in [0.15, 0.2) is 18.2 Å². The number of halogens is 1. The molecule has 1 unspecified atom stereocenters. The summed E-state index contributed by atoms with van der Waals surface area (Å²) < 4.78 is 24.0. The molecule has 1 atom stereocenters. The Labute approximate surface area is 124 Å². The molecule has 0 bridgehead atoms. The van der Waals surface area contributed by atoms with E-state index in [9.17, 15) is 9.18 Å². The minimum absolute atomic E-state index is 0.140. The lowest BCUT2D eigenvalue weighted by Crippen LogP contribution is -2.41. The van der Waals surface area contributed by atoms with Gasteiger partial charge in [-0.25, -0.2) is 9.18 Å². The van der Waals surface area contributed by atoms with Crippen LogP contribution in [0, 0.1) is 18.7 Å². The van der Waals surface area contributed by atoms with Crippen LogP contribution in [-0.4, -0.2) is 31.8 Å². The van der Waals surface area contributed by atoms with Crippen molar-refractivity contribution in [2.45, 2.75) is 32.7 Å². The summed E-state index contributed by atoms with van der Waals surface area (Å²) in [5.41, 5.74) is 1.42. The lowest BCUT2D eigenvalue weighted by molar-refractivity contribution is -0.146. The van der Waals surface area contributed by atoms with E-state index in [0.717, 1.165) is 18.4 Å². The number of esters is 1. The zero-order valence-electron chi connectivity index (χ0n) is 12.5. The highest BCUT2D eigenvalue weighted by molar-refractivity contribution is 5.79. The molecule has 1 N–H and O–H groups in total. The van der Waals surface area contributed by atoms with E-state index in [2.05, 4.69) is 5.32 Å². The van der Waals surface area contributed by atoms with Gasteiger partial charge < -0.3 is 14.8 Å². The minimum Gasteiger partial charge on any atom is -0.464 e. The highest BCUT2D eigenvalue weighted by atomic mass is 19.1. The normalized spacial score (nSPS) is 17.3. The van der Waals surface area contributed by atoms with E-state index in [0.29, 0.717) is 25.5 Å². The van der Waals surface area contributed by atoms with E-state index in [1.165, 1.54) is 12.1 Å². The molecule has 1 fully saturated rings.